The summed E-state index contributed by atoms with van der Waals surface area (Å²) in [6, 6.07) is 5.25. The van der Waals surface area contributed by atoms with Gasteiger partial charge in [-0.2, -0.15) is 0 Å². The molecule has 0 radical (unpaired) electrons. The second kappa shape index (κ2) is 7.47. The molecule has 1 heterocycles. The Hall–Kier alpha value is -1.79. The Balaban J connectivity index is 1.88. The van der Waals surface area contributed by atoms with Crippen molar-refractivity contribution in [2.45, 2.75) is 19.8 Å². The average Bonchev–Trinajstić information content (AvgIpc) is 2.55. The highest BCUT2D eigenvalue weighted by molar-refractivity contribution is 6.31. The number of ether oxygens (including phenoxy) is 1. The van der Waals surface area contributed by atoms with Crippen LogP contribution in [0.3, 0.4) is 0 Å². The molecule has 0 bridgehead atoms. The van der Waals surface area contributed by atoms with Crippen LogP contribution >= 0.6 is 11.6 Å². The zero-order chi connectivity index (χ0) is 16.1. The summed E-state index contributed by atoms with van der Waals surface area (Å²) in [6.07, 6.45) is 1.52. The van der Waals surface area contributed by atoms with E-state index in [1.54, 1.807) is 23.1 Å². The summed E-state index contributed by atoms with van der Waals surface area (Å²) < 4.78 is 5.50. The number of benzene rings is 1. The third-order valence-corrected chi connectivity index (χ3v) is 4.20. The Labute approximate surface area is 134 Å². The molecule has 120 valence electrons. The molecule has 1 saturated heterocycles. The van der Waals surface area contributed by atoms with Crippen LogP contribution in [0.1, 0.15) is 18.4 Å². The van der Waals surface area contributed by atoms with Crippen LogP contribution in [0.15, 0.2) is 18.2 Å². The Morgan fingerprint density at radius 1 is 1.50 bits per heavy atom. The number of hydrogen-bond acceptors (Lipinski definition) is 4. The number of hydrogen-bond donors (Lipinski definition) is 2. The summed E-state index contributed by atoms with van der Waals surface area (Å²) in [4.78, 5) is 25.4. The van der Waals surface area contributed by atoms with Gasteiger partial charge >= 0.3 is 0 Å². The molecule has 2 amide bonds. The molecule has 0 aromatic heterocycles. The maximum atomic E-state index is 12.2. The number of halogens is 1. The highest BCUT2D eigenvalue weighted by Gasteiger charge is 2.28. The molecule has 1 atom stereocenters. The van der Waals surface area contributed by atoms with E-state index in [4.69, 9.17) is 22.2 Å². The second-order valence-electron chi connectivity index (χ2n) is 5.39. The quantitative estimate of drug-likeness (QED) is 0.496. The maximum absolute atomic E-state index is 12.2. The molecule has 1 aliphatic heterocycles. The lowest BCUT2D eigenvalue weighted by molar-refractivity contribution is -0.137. The minimum absolute atomic E-state index is 0.0575. The van der Waals surface area contributed by atoms with Gasteiger partial charge in [0.2, 0.25) is 5.91 Å². The number of carbonyl (C=O) groups excluding carboxylic acids is 2. The first kappa shape index (κ1) is 16.6. The molecule has 3 N–H and O–H groups in total. The molecule has 22 heavy (non-hydrogen) atoms. The maximum Gasteiger partial charge on any atom is 0.260 e. The molecule has 1 aromatic carbocycles. The van der Waals surface area contributed by atoms with Gasteiger partial charge in [-0.25, -0.2) is 5.84 Å². The fourth-order valence-electron chi connectivity index (χ4n) is 2.48. The van der Waals surface area contributed by atoms with Crippen molar-refractivity contribution >= 4 is 23.4 Å². The number of nitrogens with zero attached hydrogens (tertiary/aromatic N) is 1. The van der Waals surface area contributed by atoms with Crippen molar-refractivity contribution in [3.63, 3.8) is 0 Å². The summed E-state index contributed by atoms with van der Waals surface area (Å²) in [6.45, 7) is 2.83. The van der Waals surface area contributed by atoms with Crippen LogP contribution in [-0.2, 0) is 9.59 Å². The van der Waals surface area contributed by atoms with Crippen LogP contribution in [0.25, 0.3) is 0 Å². The minimum atomic E-state index is -0.250. The van der Waals surface area contributed by atoms with Gasteiger partial charge < -0.3 is 9.64 Å². The topological polar surface area (TPSA) is 84.7 Å². The third kappa shape index (κ3) is 4.11. The van der Waals surface area contributed by atoms with Gasteiger partial charge in [-0.3, -0.25) is 15.0 Å². The normalized spacial score (nSPS) is 18.0. The Bertz CT molecular complexity index is 565. The standard InChI is InChI=1S/C15H20ClN3O3/c1-10-7-12(4-5-13(10)16)22-9-14(20)19-6-2-3-11(8-19)15(21)18-17/h4-5,7,11H,2-3,6,8-9,17H2,1H3,(H,18,21). The first-order valence-corrected chi connectivity index (χ1v) is 7.56. The predicted molar refractivity (Wildman–Crippen MR) is 83.3 cm³/mol. The molecule has 0 spiro atoms. The van der Waals surface area contributed by atoms with Gasteiger partial charge in [-0.05, 0) is 43.5 Å². The molecule has 2 rings (SSSR count). The lowest BCUT2D eigenvalue weighted by atomic mass is 9.97. The summed E-state index contributed by atoms with van der Waals surface area (Å²) in [7, 11) is 0. The Morgan fingerprint density at radius 2 is 2.27 bits per heavy atom. The molecule has 1 aromatic rings. The highest BCUT2D eigenvalue weighted by atomic mass is 35.5. The second-order valence-corrected chi connectivity index (χ2v) is 5.79. The number of piperidine rings is 1. The van der Waals surface area contributed by atoms with Crippen LogP contribution in [0.5, 0.6) is 5.75 Å². The molecule has 0 saturated carbocycles. The van der Waals surface area contributed by atoms with Gasteiger partial charge in [0.1, 0.15) is 5.75 Å². The van der Waals surface area contributed by atoms with Gasteiger partial charge in [0, 0.05) is 18.1 Å². The first-order valence-electron chi connectivity index (χ1n) is 7.18. The molecule has 0 aliphatic carbocycles. The molecule has 7 heteroatoms. The lowest BCUT2D eigenvalue weighted by Crippen LogP contribution is -2.48. The van der Waals surface area contributed by atoms with Gasteiger partial charge in [0.05, 0.1) is 5.92 Å². The van der Waals surface area contributed by atoms with E-state index in [0.29, 0.717) is 23.9 Å². The van der Waals surface area contributed by atoms with E-state index in [2.05, 4.69) is 5.43 Å². The molecule has 1 aliphatic rings. The lowest BCUT2D eigenvalue weighted by Gasteiger charge is -2.31. The number of carbonyl (C=O) groups is 2. The smallest absolute Gasteiger partial charge is 0.260 e. The van der Waals surface area contributed by atoms with E-state index in [1.807, 2.05) is 6.92 Å². The molecular formula is C15H20ClN3O3. The molecule has 1 fully saturated rings. The van der Waals surface area contributed by atoms with Crippen molar-refractivity contribution in [2.24, 2.45) is 11.8 Å². The van der Waals surface area contributed by atoms with E-state index in [0.717, 1.165) is 18.4 Å². The van der Waals surface area contributed by atoms with E-state index in [1.165, 1.54) is 0 Å². The summed E-state index contributed by atoms with van der Waals surface area (Å²) in [5, 5.41) is 0.658. The molecule has 6 nitrogen and oxygen atoms in total. The van der Waals surface area contributed by atoms with Crippen LogP contribution in [0.4, 0.5) is 0 Å². The average molecular weight is 326 g/mol. The molecule has 1 unspecified atom stereocenters. The predicted octanol–water partition coefficient (Wildman–Crippen LogP) is 1.26. The number of rotatable bonds is 4. The number of nitrogens with two attached hydrogens (primary N) is 1. The third-order valence-electron chi connectivity index (χ3n) is 3.78. The van der Waals surface area contributed by atoms with Crippen LogP contribution in [0.2, 0.25) is 5.02 Å². The van der Waals surface area contributed by atoms with Crippen LogP contribution in [-0.4, -0.2) is 36.4 Å². The van der Waals surface area contributed by atoms with E-state index >= 15 is 0 Å². The zero-order valence-electron chi connectivity index (χ0n) is 12.5. The minimum Gasteiger partial charge on any atom is -0.484 e. The largest absolute Gasteiger partial charge is 0.484 e. The zero-order valence-corrected chi connectivity index (χ0v) is 13.2. The van der Waals surface area contributed by atoms with E-state index in [-0.39, 0.29) is 24.3 Å². The highest BCUT2D eigenvalue weighted by Crippen LogP contribution is 2.21. The number of aryl methyl sites for hydroxylation is 1. The van der Waals surface area contributed by atoms with Crippen molar-refractivity contribution in [1.82, 2.24) is 10.3 Å². The van der Waals surface area contributed by atoms with Crippen molar-refractivity contribution in [2.75, 3.05) is 19.7 Å². The van der Waals surface area contributed by atoms with Crippen molar-refractivity contribution < 1.29 is 14.3 Å². The summed E-state index contributed by atoms with van der Waals surface area (Å²) in [5.74, 6) is 5.13. The summed E-state index contributed by atoms with van der Waals surface area (Å²) in [5.41, 5.74) is 3.04. The summed E-state index contributed by atoms with van der Waals surface area (Å²) >= 11 is 5.95. The van der Waals surface area contributed by atoms with Crippen molar-refractivity contribution in [1.29, 1.82) is 0 Å². The van der Waals surface area contributed by atoms with Gasteiger partial charge in [0.15, 0.2) is 6.61 Å². The van der Waals surface area contributed by atoms with Gasteiger partial charge in [0.25, 0.3) is 5.91 Å². The Kier molecular flexibility index (Phi) is 5.63. The number of amides is 2. The molecular weight excluding hydrogens is 306 g/mol. The SMILES string of the molecule is Cc1cc(OCC(=O)N2CCCC(C(=O)NN)C2)ccc1Cl. The van der Waals surface area contributed by atoms with Crippen LogP contribution in [0, 0.1) is 12.8 Å². The van der Waals surface area contributed by atoms with Crippen molar-refractivity contribution in [3.05, 3.63) is 28.8 Å². The fraction of sp³-hybridized carbons (Fsp3) is 0.467. The number of likely N-dealkylation sites (tertiary alicyclic amines) is 1. The van der Waals surface area contributed by atoms with Gasteiger partial charge in [-0.1, -0.05) is 11.6 Å². The Morgan fingerprint density at radius 3 is 2.95 bits per heavy atom. The number of hydrazine groups is 1. The van der Waals surface area contributed by atoms with Crippen LogP contribution < -0.4 is 16.0 Å². The van der Waals surface area contributed by atoms with Gasteiger partial charge in [-0.15, -0.1) is 0 Å². The van der Waals surface area contributed by atoms with E-state index in [9.17, 15) is 9.59 Å². The fourth-order valence-corrected chi connectivity index (χ4v) is 2.60. The monoisotopic (exact) mass is 325 g/mol. The van der Waals surface area contributed by atoms with E-state index < -0.39 is 0 Å². The first-order chi connectivity index (χ1) is 10.5. The number of nitrogens with one attached hydrogen (secondary N) is 1. The van der Waals surface area contributed by atoms with Crippen molar-refractivity contribution in [3.8, 4) is 5.75 Å².